The Labute approximate surface area is 223 Å². The number of guanidine groups is 1. The first-order chi connectivity index (χ1) is 17.5. The zero-order chi connectivity index (χ0) is 27.5. The Hall–Kier alpha value is -3.14. The van der Waals surface area contributed by atoms with Crippen molar-refractivity contribution in [3.63, 3.8) is 0 Å². The van der Waals surface area contributed by atoms with Gasteiger partial charge in [-0.15, -0.1) is 0 Å². The summed E-state index contributed by atoms with van der Waals surface area (Å²) in [7, 11) is 0. The minimum Gasteiger partial charge on any atom is -0.370 e. The Balaban J connectivity index is 2.07. The smallest absolute Gasteiger partial charge is 0.319 e. The topological polar surface area (TPSA) is 160 Å². The molecular weight excluding hydrogens is 496 g/mol. The Kier molecular flexibility index (Phi) is 11.8. The van der Waals surface area contributed by atoms with Gasteiger partial charge in [0.1, 0.15) is 11.8 Å². The number of nitrogens with two attached hydrogens (primary N) is 2. The number of ketones is 2. The van der Waals surface area contributed by atoms with Gasteiger partial charge in [-0.25, -0.2) is 4.79 Å². The SMILES string of the molecule is CCC(=O)[C@H](CCCN=C(N)N)CC(=O)[C@@H]1CCCN1C(=O)[C@@H](NC(=O)Nc1ccccc1Cl)C(C)C. The lowest BCUT2D eigenvalue weighted by molar-refractivity contribution is -0.140. The van der Waals surface area contributed by atoms with Crippen molar-refractivity contribution in [1.82, 2.24) is 10.2 Å². The maximum absolute atomic E-state index is 13.5. The predicted molar refractivity (Wildman–Crippen MR) is 145 cm³/mol. The summed E-state index contributed by atoms with van der Waals surface area (Å²) < 4.78 is 0. The summed E-state index contributed by atoms with van der Waals surface area (Å²) >= 11 is 6.12. The van der Waals surface area contributed by atoms with Gasteiger partial charge in [0.2, 0.25) is 5.91 Å². The van der Waals surface area contributed by atoms with Crippen molar-refractivity contribution in [2.24, 2.45) is 28.3 Å². The van der Waals surface area contributed by atoms with Gasteiger partial charge in [0.15, 0.2) is 11.7 Å². The van der Waals surface area contributed by atoms with Crippen molar-refractivity contribution in [3.8, 4) is 0 Å². The highest BCUT2D eigenvalue weighted by molar-refractivity contribution is 6.33. The number of carbonyl (C=O) groups excluding carboxylic acids is 4. The van der Waals surface area contributed by atoms with Crippen LogP contribution in [-0.4, -0.2) is 59.5 Å². The van der Waals surface area contributed by atoms with Crippen LogP contribution in [0.1, 0.15) is 59.3 Å². The summed E-state index contributed by atoms with van der Waals surface area (Å²) in [6.07, 6.45) is 2.67. The maximum Gasteiger partial charge on any atom is 0.319 e. The summed E-state index contributed by atoms with van der Waals surface area (Å²) in [6, 6.07) is 4.80. The van der Waals surface area contributed by atoms with Crippen molar-refractivity contribution in [3.05, 3.63) is 29.3 Å². The van der Waals surface area contributed by atoms with Crippen molar-refractivity contribution < 1.29 is 19.2 Å². The normalized spacial score (nSPS) is 16.7. The summed E-state index contributed by atoms with van der Waals surface area (Å²) in [5.74, 6) is -1.11. The highest BCUT2D eigenvalue weighted by Crippen LogP contribution is 2.25. The standard InChI is InChI=1S/C26H39ClN6O4/c1-4-21(34)17(9-7-13-30-25(28)29)15-22(35)20-12-8-14-33(20)24(36)23(16(2)3)32-26(37)31-19-11-6-5-10-18(19)27/h5-6,10-11,16-17,20,23H,4,7-9,12-15H2,1-3H3,(H4,28,29,30)(H2,31,32,37)/t17-,20+,23+/m1/s1. The zero-order valence-electron chi connectivity index (χ0n) is 21.8. The number of halogens is 1. The molecule has 1 fully saturated rings. The average molecular weight is 535 g/mol. The first-order valence-corrected chi connectivity index (χ1v) is 13.2. The lowest BCUT2D eigenvalue weighted by Gasteiger charge is -2.31. The van der Waals surface area contributed by atoms with E-state index in [1.54, 1.807) is 36.1 Å². The van der Waals surface area contributed by atoms with Crippen LogP contribution in [-0.2, 0) is 14.4 Å². The van der Waals surface area contributed by atoms with Gasteiger partial charge in [0, 0.05) is 31.8 Å². The molecule has 10 nitrogen and oxygen atoms in total. The number of hydrogen-bond acceptors (Lipinski definition) is 5. The molecule has 1 saturated heterocycles. The molecule has 1 heterocycles. The molecule has 3 amide bonds. The number of amides is 3. The van der Waals surface area contributed by atoms with Crippen LogP contribution in [0.4, 0.5) is 10.5 Å². The number of Topliss-reactive ketones (excluding diaryl/α,β-unsaturated/α-hetero) is 2. The van der Waals surface area contributed by atoms with Gasteiger partial charge in [-0.1, -0.05) is 44.5 Å². The van der Waals surface area contributed by atoms with Crippen LogP contribution in [0.3, 0.4) is 0 Å². The third-order valence-corrected chi connectivity index (χ3v) is 6.83. The van der Waals surface area contributed by atoms with E-state index in [1.807, 2.05) is 13.8 Å². The number of likely N-dealkylation sites (tertiary alicyclic amines) is 1. The van der Waals surface area contributed by atoms with Crippen molar-refractivity contribution in [2.45, 2.75) is 71.4 Å². The van der Waals surface area contributed by atoms with Gasteiger partial charge >= 0.3 is 6.03 Å². The van der Waals surface area contributed by atoms with Gasteiger partial charge in [-0.3, -0.25) is 19.4 Å². The van der Waals surface area contributed by atoms with E-state index in [1.165, 1.54) is 0 Å². The molecule has 11 heteroatoms. The fourth-order valence-electron chi connectivity index (χ4n) is 4.51. The van der Waals surface area contributed by atoms with Crippen LogP contribution in [0.2, 0.25) is 5.02 Å². The number of urea groups is 1. The molecule has 0 unspecified atom stereocenters. The average Bonchev–Trinajstić information content (AvgIpc) is 3.34. The van der Waals surface area contributed by atoms with Crippen LogP contribution in [0.5, 0.6) is 0 Å². The Bertz CT molecular complexity index is 995. The minimum atomic E-state index is -0.830. The minimum absolute atomic E-state index is 0.00638. The fraction of sp³-hybridized carbons (Fsp3) is 0.577. The first kappa shape index (κ1) is 30.1. The van der Waals surface area contributed by atoms with Crippen molar-refractivity contribution in [1.29, 1.82) is 0 Å². The molecule has 0 bridgehead atoms. The summed E-state index contributed by atoms with van der Waals surface area (Å²) in [6.45, 7) is 6.24. The monoisotopic (exact) mass is 534 g/mol. The molecule has 3 atom stereocenters. The second kappa shape index (κ2) is 14.6. The number of nitrogens with zero attached hydrogens (tertiary/aromatic N) is 2. The lowest BCUT2D eigenvalue weighted by atomic mass is 9.89. The highest BCUT2D eigenvalue weighted by Gasteiger charge is 2.39. The number of carbonyl (C=O) groups is 4. The molecule has 2 rings (SSSR count). The van der Waals surface area contributed by atoms with Crippen LogP contribution in [0.15, 0.2) is 29.3 Å². The van der Waals surface area contributed by atoms with E-state index in [0.29, 0.717) is 55.9 Å². The molecule has 0 radical (unpaired) electrons. The quantitative estimate of drug-likeness (QED) is 0.173. The molecule has 1 aromatic rings. The fourth-order valence-corrected chi connectivity index (χ4v) is 4.69. The second-order valence-corrected chi connectivity index (χ2v) is 10.0. The predicted octanol–water partition coefficient (Wildman–Crippen LogP) is 3.09. The van der Waals surface area contributed by atoms with E-state index in [-0.39, 0.29) is 35.8 Å². The number of rotatable bonds is 13. The van der Waals surface area contributed by atoms with Crippen LogP contribution in [0, 0.1) is 11.8 Å². The number of aliphatic imine (C=N–C) groups is 1. The van der Waals surface area contributed by atoms with E-state index < -0.39 is 24.0 Å². The Morgan fingerprint density at radius 1 is 1.19 bits per heavy atom. The number of para-hydroxylation sites is 1. The number of nitrogens with one attached hydrogen (secondary N) is 2. The molecule has 1 aliphatic heterocycles. The molecule has 37 heavy (non-hydrogen) atoms. The summed E-state index contributed by atoms with van der Waals surface area (Å²) in [5.41, 5.74) is 11.1. The lowest BCUT2D eigenvalue weighted by Crippen LogP contribution is -2.54. The first-order valence-electron chi connectivity index (χ1n) is 12.8. The zero-order valence-corrected chi connectivity index (χ0v) is 22.6. The molecule has 1 aliphatic rings. The summed E-state index contributed by atoms with van der Waals surface area (Å²) in [4.78, 5) is 57.5. The van der Waals surface area contributed by atoms with E-state index in [2.05, 4.69) is 15.6 Å². The van der Waals surface area contributed by atoms with Crippen LogP contribution < -0.4 is 22.1 Å². The van der Waals surface area contributed by atoms with Crippen molar-refractivity contribution in [2.75, 3.05) is 18.4 Å². The van der Waals surface area contributed by atoms with Gasteiger partial charge in [-0.05, 0) is 43.7 Å². The maximum atomic E-state index is 13.5. The molecule has 204 valence electrons. The van der Waals surface area contributed by atoms with Gasteiger partial charge in [-0.2, -0.15) is 0 Å². The van der Waals surface area contributed by atoms with Crippen LogP contribution in [0.25, 0.3) is 0 Å². The third kappa shape index (κ3) is 9.03. The largest absolute Gasteiger partial charge is 0.370 e. The molecule has 0 aliphatic carbocycles. The second-order valence-electron chi connectivity index (χ2n) is 9.63. The molecular formula is C26H39ClN6O4. The third-order valence-electron chi connectivity index (χ3n) is 6.51. The molecule has 0 saturated carbocycles. The molecule has 0 aromatic heterocycles. The van der Waals surface area contributed by atoms with Gasteiger partial charge < -0.3 is 27.0 Å². The highest BCUT2D eigenvalue weighted by atomic mass is 35.5. The van der Waals surface area contributed by atoms with Crippen molar-refractivity contribution >= 4 is 46.8 Å². The van der Waals surface area contributed by atoms with E-state index in [0.717, 1.165) is 0 Å². The van der Waals surface area contributed by atoms with Gasteiger partial charge in [0.05, 0.1) is 16.8 Å². The number of hydrogen-bond donors (Lipinski definition) is 4. The summed E-state index contributed by atoms with van der Waals surface area (Å²) in [5, 5.41) is 5.79. The van der Waals surface area contributed by atoms with E-state index in [4.69, 9.17) is 23.1 Å². The number of benzene rings is 1. The molecule has 6 N–H and O–H groups in total. The van der Waals surface area contributed by atoms with E-state index >= 15 is 0 Å². The van der Waals surface area contributed by atoms with Crippen LogP contribution >= 0.6 is 11.6 Å². The molecule has 1 aromatic carbocycles. The number of anilines is 1. The Morgan fingerprint density at radius 2 is 1.89 bits per heavy atom. The molecule has 0 spiro atoms. The van der Waals surface area contributed by atoms with Gasteiger partial charge in [0.25, 0.3) is 0 Å². The Morgan fingerprint density at radius 3 is 2.51 bits per heavy atom. The van der Waals surface area contributed by atoms with E-state index in [9.17, 15) is 19.2 Å².